The first-order chi connectivity index (χ1) is 17.5. The molecule has 1 aromatic carbocycles. The van der Waals surface area contributed by atoms with Crippen LogP contribution in [0.4, 0.5) is 4.39 Å². The molecule has 0 bridgehead atoms. The highest BCUT2D eigenvalue weighted by molar-refractivity contribution is 7.89. The second kappa shape index (κ2) is 10.6. The minimum absolute atomic E-state index is 0.0174. The van der Waals surface area contributed by atoms with Gasteiger partial charge in [-0.3, -0.25) is 4.79 Å². The number of carbonyl (C=O) groups excluding carboxylic acids is 1. The van der Waals surface area contributed by atoms with E-state index in [-0.39, 0.29) is 53.8 Å². The Hall–Kier alpha value is -3.35. The van der Waals surface area contributed by atoms with Crippen LogP contribution in [0.5, 0.6) is 5.88 Å². The molecule has 4 rings (SSSR count). The second-order valence-corrected chi connectivity index (χ2v) is 11.4. The van der Waals surface area contributed by atoms with Crippen molar-refractivity contribution in [2.45, 2.75) is 31.0 Å². The molecule has 0 spiro atoms. The standard InChI is InChI=1S/C25H30FN5O5S/c1-16-11-31(17(2)14-32)25(33)21-9-19(18-5-7-20(26)8-6-18)10-27-24(21)36-22(16)12-30(4)37(34,35)23-13-29(3)15-28-23/h5-10,13,15-17,22,32H,11-12,14H2,1-4H3/t16-,17+,22-/m0/s1. The van der Waals surface area contributed by atoms with Crippen LogP contribution in [0.2, 0.25) is 0 Å². The summed E-state index contributed by atoms with van der Waals surface area (Å²) >= 11 is 0. The van der Waals surface area contributed by atoms with Crippen molar-refractivity contribution in [2.24, 2.45) is 13.0 Å². The largest absolute Gasteiger partial charge is 0.472 e. The zero-order valence-corrected chi connectivity index (χ0v) is 21.9. The number of nitrogens with zero attached hydrogens (tertiary/aromatic N) is 5. The van der Waals surface area contributed by atoms with Crippen molar-refractivity contribution in [2.75, 3.05) is 26.7 Å². The monoisotopic (exact) mass is 531 g/mol. The SMILES string of the molecule is C[C@H](CO)N1C[C@H](C)[C@H](CN(C)S(=O)(=O)c2cn(C)cn2)Oc2ncc(-c3ccc(F)cc3)cc2C1=O. The molecule has 198 valence electrons. The van der Waals surface area contributed by atoms with Gasteiger partial charge in [0.05, 0.1) is 25.5 Å². The van der Waals surface area contributed by atoms with Gasteiger partial charge >= 0.3 is 0 Å². The summed E-state index contributed by atoms with van der Waals surface area (Å²) in [5.41, 5.74) is 1.43. The number of likely N-dealkylation sites (N-methyl/N-ethyl adjacent to an activating group) is 1. The van der Waals surface area contributed by atoms with Gasteiger partial charge in [0.2, 0.25) is 5.88 Å². The van der Waals surface area contributed by atoms with E-state index in [4.69, 9.17) is 4.74 Å². The molecule has 1 aliphatic heterocycles. The van der Waals surface area contributed by atoms with E-state index >= 15 is 0 Å². The zero-order chi connectivity index (χ0) is 26.9. The molecule has 3 aromatic rings. The third-order valence-electron chi connectivity index (χ3n) is 6.49. The van der Waals surface area contributed by atoms with Crippen molar-refractivity contribution >= 4 is 15.9 Å². The summed E-state index contributed by atoms with van der Waals surface area (Å²) in [6.07, 6.45) is 3.70. The molecule has 3 heterocycles. The van der Waals surface area contributed by atoms with Gasteiger partial charge in [0.1, 0.15) is 17.5 Å². The van der Waals surface area contributed by atoms with Crippen LogP contribution in [0.3, 0.4) is 0 Å². The molecule has 37 heavy (non-hydrogen) atoms. The molecule has 12 heteroatoms. The third kappa shape index (κ3) is 5.50. The summed E-state index contributed by atoms with van der Waals surface area (Å²) < 4.78 is 48.5. The van der Waals surface area contributed by atoms with Gasteiger partial charge in [-0.05, 0) is 30.7 Å². The maximum Gasteiger partial charge on any atom is 0.261 e. The van der Waals surface area contributed by atoms with Crippen molar-refractivity contribution in [3.8, 4) is 17.0 Å². The van der Waals surface area contributed by atoms with Gasteiger partial charge in [0.15, 0.2) is 5.03 Å². The van der Waals surface area contributed by atoms with E-state index in [0.717, 1.165) is 0 Å². The van der Waals surface area contributed by atoms with Crippen molar-refractivity contribution in [1.29, 1.82) is 0 Å². The number of rotatable bonds is 7. The van der Waals surface area contributed by atoms with E-state index in [1.54, 1.807) is 41.6 Å². The zero-order valence-electron chi connectivity index (χ0n) is 21.1. The number of pyridine rings is 1. The summed E-state index contributed by atoms with van der Waals surface area (Å²) in [5, 5.41) is 9.75. The van der Waals surface area contributed by atoms with Crippen LogP contribution < -0.4 is 4.74 Å². The van der Waals surface area contributed by atoms with Gasteiger partial charge in [-0.2, -0.15) is 4.31 Å². The Bertz CT molecular complexity index is 1380. The van der Waals surface area contributed by atoms with Crippen LogP contribution in [0.25, 0.3) is 11.1 Å². The van der Waals surface area contributed by atoms with Gasteiger partial charge in [0.25, 0.3) is 15.9 Å². The Labute approximate surface area is 215 Å². The van der Waals surface area contributed by atoms with Crippen LogP contribution in [-0.4, -0.2) is 82.1 Å². The van der Waals surface area contributed by atoms with E-state index in [1.807, 2.05) is 6.92 Å². The average Bonchev–Trinajstić information content (AvgIpc) is 3.33. The number of halogens is 1. The first-order valence-electron chi connectivity index (χ1n) is 11.8. The molecule has 0 fully saturated rings. The third-order valence-corrected chi connectivity index (χ3v) is 8.20. The number of ether oxygens (including phenoxy) is 1. The first-order valence-corrected chi connectivity index (χ1v) is 13.2. The van der Waals surface area contributed by atoms with Crippen LogP contribution in [0, 0.1) is 11.7 Å². The molecule has 10 nitrogen and oxygen atoms in total. The first kappa shape index (κ1) is 26.7. The van der Waals surface area contributed by atoms with Crippen molar-refractivity contribution in [3.05, 3.63) is 60.4 Å². The quantitative estimate of drug-likeness (QED) is 0.496. The second-order valence-electron chi connectivity index (χ2n) is 9.37. The Morgan fingerprint density at radius 2 is 1.95 bits per heavy atom. The molecular weight excluding hydrogens is 501 g/mol. The normalized spacial score (nSPS) is 19.2. The Balaban J connectivity index is 1.71. The van der Waals surface area contributed by atoms with Crippen molar-refractivity contribution < 1.29 is 27.4 Å². The maximum absolute atomic E-state index is 13.6. The number of hydrogen-bond donors (Lipinski definition) is 1. The number of hydrogen-bond acceptors (Lipinski definition) is 7. The van der Waals surface area contributed by atoms with Crippen molar-refractivity contribution in [1.82, 2.24) is 23.7 Å². The number of amides is 1. The number of aliphatic hydroxyl groups is 1. The molecule has 2 aromatic heterocycles. The van der Waals surface area contributed by atoms with Gasteiger partial charge in [-0.25, -0.2) is 22.8 Å². The molecule has 1 aliphatic rings. The highest BCUT2D eigenvalue weighted by atomic mass is 32.2. The lowest BCUT2D eigenvalue weighted by molar-refractivity contribution is 0.0373. The van der Waals surface area contributed by atoms with Gasteiger partial charge < -0.3 is 19.3 Å². The van der Waals surface area contributed by atoms with E-state index in [9.17, 15) is 22.7 Å². The van der Waals surface area contributed by atoms with Crippen molar-refractivity contribution in [3.63, 3.8) is 0 Å². The fraction of sp³-hybridized carbons (Fsp3) is 0.400. The summed E-state index contributed by atoms with van der Waals surface area (Å²) in [7, 11) is -0.749. The molecule has 3 atom stereocenters. The lowest BCUT2D eigenvalue weighted by Crippen LogP contribution is -2.50. The van der Waals surface area contributed by atoms with E-state index in [2.05, 4.69) is 9.97 Å². The van der Waals surface area contributed by atoms with Gasteiger partial charge in [0, 0.05) is 44.5 Å². The van der Waals surface area contributed by atoms with Crippen LogP contribution in [-0.2, 0) is 17.1 Å². The molecule has 0 radical (unpaired) electrons. The maximum atomic E-state index is 13.6. The fourth-order valence-corrected chi connectivity index (χ4v) is 5.30. The summed E-state index contributed by atoms with van der Waals surface area (Å²) in [5.74, 6) is -0.989. The lowest BCUT2D eigenvalue weighted by atomic mass is 9.99. The highest BCUT2D eigenvalue weighted by Crippen LogP contribution is 2.31. The Morgan fingerprint density at radius 1 is 1.24 bits per heavy atom. The summed E-state index contributed by atoms with van der Waals surface area (Å²) in [6.45, 7) is 3.54. The predicted molar refractivity (Wildman–Crippen MR) is 134 cm³/mol. The smallest absolute Gasteiger partial charge is 0.261 e. The van der Waals surface area contributed by atoms with Gasteiger partial charge in [-0.1, -0.05) is 19.1 Å². The van der Waals surface area contributed by atoms with Gasteiger partial charge in [-0.15, -0.1) is 0 Å². The molecule has 1 N–H and O–H groups in total. The summed E-state index contributed by atoms with van der Waals surface area (Å²) in [6, 6.07) is 6.94. The van der Waals surface area contributed by atoms with E-state index in [0.29, 0.717) is 11.1 Å². The number of aromatic nitrogens is 3. The molecule has 0 saturated heterocycles. The number of aliphatic hydroxyl groups excluding tert-OH is 1. The fourth-order valence-electron chi connectivity index (χ4n) is 4.15. The Morgan fingerprint density at radius 3 is 2.57 bits per heavy atom. The number of imidazole rings is 1. The van der Waals surface area contributed by atoms with Crippen LogP contribution in [0.1, 0.15) is 24.2 Å². The topological polar surface area (TPSA) is 118 Å². The molecule has 0 unspecified atom stereocenters. The minimum atomic E-state index is -3.88. The number of benzene rings is 1. The van der Waals surface area contributed by atoms with Crippen LogP contribution in [0.15, 0.2) is 54.1 Å². The average molecular weight is 532 g/mol. The van der Waals surface area contributed by atoms with Crippen LogP contribution >= 0.6 is 0 Å². The van der Waals surface area contributed by atoms with E-state index in [1.165, 1.54) is 42.2 Å². The molecule has 0 aliphatic carbocycles. The summed E-state index contributed by atoms with van der Waals surface area (Å²) in [4.78, 5) is 23.5. The molecule has 1 amide bonds. The predicted octanol–water partition coefficient (Wildman–Crippen LogP) is 2.16. The number of fused-ring (bicyclic) bond motifs is 1. The molecular formula is C25H30FN5O5S. The Kier molecular flexibility index (Phi) is 7.62. The number of carbonyl (C=O) groups is 1. The molecule has 0 saturated carbocycles. The number of sulfonamides is 1. The minimum Gasteiger partial charge on any atom is -0.472 e. The lowest BCUT2D eigenvalue weighted by Gasteiger charge is -2.37. The highest BCUT2D eigenvalue weighted by Gasteiger charge is 2.36. The van der Waals surface area contributed by atoms with E-state index < -0.39 is 22.2 Å². The number of aryl methyl sites for hydroxylation is 1.